The number of nitrogens with one attached hydrogen (secondary N) is 1. The summed E-state index contributed by atoms with van der Waals surface area (Å²) in [5.41, 5.74) is 1.58. The van der Waals surface area contributed by atoms with Gasteiger partial charge in [-0.25, -0.2) is 4.39 Å². The van der Waals surface area contributed by atoms with E-state index in [1.54, 1.807) is 7.11 Å². The number of carbonyl (C=O) groups excluding carboxylic acids is 1. The maximum Gasteiger partial charge on any atom is 0.251 e. The summed E-state index contributed by atoms with van der Waals surface area (Å²) < 4.78 is 18.3. The van der Waals surface area contributed by atoms with Gasteiger partial charge in [-0.05, 0) is 49.2 Å². The highest BCUT2D eigenvalue weighted by molar-refractivity contribution is 5.94. The summed E-state index contributed by atoms with van der Waals surface area (Å²) in [7, 11) is 1.68. The molecule has 5 heteroatoms. The zero-order valence-electron chi connectivity index (χ0n) is 13.7. The third-order valence-electron chi connectivity index (χ3n) is 4.36. The first kappa shape index (κ1) is 16.3. The number of anilines is 1. The number of hydrogen-bond donors (Lipinski definition) is 1. The van der Waals surface area contributed by atoms with E-state index < -0.39 is 0 Å². The molecular formula is C19H21FN2O2. The summed E-state index contributed by atoms with van der Waals surface area (Å²) in [4.78, 5) is 14.5. The average molecular weight is 328 g/mol. The van der Waals surface area contributed by atoms with Crippen molar-refractivity contribution >= 4 is 11.6 Å². The van der Waals surface area contributed by atoms with E-state index in [9.17, 15) is 9.18 Å². The standard InChI is InChI=1S/C19H21FN2O2/c1-24-18-5-3-2-4-17(18)22-12-10-16(11-13-22)21-19(23)14-6-8-15(20)9-7-14/h2-9,16H,10-13H2,1H3,(H,21,23). The van der Waals surface area contributed by atoms with Crippen molar-refractivity contribution in [1.29, 1.82) is 0 Å². The lowest BCUT2D eigenvalue weighted by Gasteiger charge is -2.34. The quantitative estimate of drug-likeness (QED) is 0.937. The Morgan fingerprint density at radius 1 is 1.12 bits per heavy atom. The molecule has 0 aromatic heterocycles. The molecule has 0 atom stereocenters. The number of nitrogens with zero attached hydrogens (tertiary/aromatic N) is 1. The van der Waals surface area contributed by atoms with Gasteiger partial charge in [-0.2, -0.15) is 0 Å². The minimum atomic E-state index is -0.336. The molecule has 3 rings (SSSR count). The van der Waals surface area contributed by atoms with Crippen molar-refractivity contribution in [2.24, 2.45) is 0 Å². The van der Waals surface area contributed by atoms with Crippen molar-refractivity contribution in [3.05, 3.63) is 59.9 Å². The highest BCUT2D eigenvalue weighted by Crippen LogP contribution is 2.29. The van der Waals surface area contributed by atoms with Crippen LogP contribution in [0.5, 0.6) is 5.75 Å². The molecule has 1 saturated heterocycles. The minimum absolute atomic E-state index is 0.133. The van der Waals surface area contributed by atoms with Gasteiger partial charge in [0.1, 0.15) is 11.6 Å². The van der Waals surface area contributed by atoms with E-state index >= 15 is 0 Å². The number of rotatable bonds is 4. The highest BCUT2D eigenvalue weighted by Gasteiger charge is 2.22. The van der Waals surface area contributed by atoms with Crippen LogP contribution in [0.25, 0.3) is 0 Å². The van der Waals surface area contributed by atoms with Crippen molar-refractivity contribution in [1.82, 2.24) is 5.32 Å². The molecule has 1 aliphatic heterocycles. The zero-order valence-corrected chi connectivity index (χ0v) is 13.7. The molecule has 2 aromatic carbocycles. The Kier molecular flexibility index (Phi) is 4.99. The molecule has 0 bridgehead atoms. The molecule has 0 aliphatic carbocycles. The second-order valence-corrected chi connectivity index (χ2v) is 5.91. The third kappa shape index (κ3) is 3.67. The maximum absolute atomic E-state index is 12.9. The summed E-state index contributed by atoms with van der Waals surface area (Å²) in [6, 6.07) is 13.7. The van der Waals surface area contributed by atoms with Gasteiger partial charge in [-0.1, -0.05) is 12.1 Å². The Bertz CT molecular complexity index is 695. The molecule has 0 radical (unpaired) electrons. The molecule has 0 saturated carbocycles. The lowest BCUT2D eigenvalue weighted by Crippen LogP contribution is -2.44. The second kappa shape index (κ2) is 7.34. The van der Waals surface area contributed by atoms with E-state index in [0.717, 1.165) is 37.4 Å². The monoisotopic (exact) mass is 328 g/mol. The molecule has 1 fully saturated rings. The van der Waals surface area contributed by atoms with Crippen LogP contribution in [-0.4, -0.2) is 32.1 Å². The van der Waals surface area contributed by atoms with Crippen molar-refractivity contribution in [3.63, 3.8) is 0 Å². The lowest BCUT2D eigenvalue weighted by molar-refractivity contribution is 0.0931. The van der Waals surface area contributed by atoms with E-state index in [1.165, 1.54) is 24.3 Å². The van der Waals surface area contributed by atoms with Crippen molar-refractivity contribution < 1.29 is 13.9 Å². The largest absolute Gasteiger partial charge is 0.495 e. The number of methoxy groups -OCH3 is 1. The lowest BCUT2D eigenvalue weighted by atomic mass is 10.0. The number of benzene rings is 2. The highest BCUT2D eigenvalue weighted by atomic mass is 19.1. The van der Waals surface area contributed by atoms with Gasteiger partial charge < -0.3 is 15.0 Å². The van der Waals surface area contributed by atoms with Crippen LogP contribution < -0.4 is 15.0 Å². The average Bonchev–Trinajstić information content (AvgIpc) is 2.63. The smallest absolute Gasteiger partial charge is 0.251 e. The van der Waals surface area contributed by atoms with E-state index in [-0.39, 0.29) is 17.8 Å². The number of para-hydroxylation sites is 2. The second-order valence-electron chi connectivity index (χ2n) is 5.91. The summed E-state index contributed by atoms with van der Waals surface area (Å²) in [6.07, 6.45) is 1.73. The molecule has 1 N–H and O–H groups in total. The molecule has 1 aliphatic rings. The maximum atomic E-state index is 12.9. The molecule has 4 nitrogen and oxygen atoms in total. The first-order chi connectivity index (χ1) is 11.7. The van der Waals surface area contributed by atoms with Gasteiger partial charge in [0.2, 0.25) is 0 Å². The molecule has 126 valence electrons. The summed E-state index contributed by atoms with van der Waals surface area (Å²) in [5.74, 6) is 0.383. The third-order valence-corrected chi connectivity index (χ3v) is 4.36. The first-order valence-electron chi connectivity index (χ1n) is 8.12. The van der Waals surface area contributed by atoms with Crippen LogP contribution in [0, 0.1) is 5.82 Å². The fraction of sp³-hybridized carbons (Fsp3) is 0.316. The van der Waals surface area contributed by atoms with Gasteiger partial charge in [-0.3, -0.25) is 4.79 Å². The van der Waals surface area contributed by atoms with Crippen LogP contribution in [0.4, 0.5) is 10.1 Å². The first-order valence-corrected chi connectivity index (χ1v) is 8.12. The summed E-state index contributed by atoms with van der Waals surface area (Å²) >= 11 is 0. The predicted octanol–water partition coefficient (Wildman–Crippen LogP) is 3.23. The SMILES string of the molecule is COc1ccccc1N1CCC(NC(=O)c2ccc(F)cc2)CC1. The molecule has 0 spiro atoms. The van der Waals surface area contributed by atoms with Crippen LogP contribution in [0.3, 0.4) is 0 Å². The predicted molar refractivity (Wildman–Crippen MR) is 92.1 cm³/mol. The van der Waals surface area contributed by atoms with Crippen molar-refractivity contribution in [2.75, 3.05) is 25.1 Å². The molecular weight excluding hydrogens is 307 g/mol. The molecule has 24 heavy (non-hydrogen) atoms. The number of carbonyl (C=O) groups is 1. The van der Waals surface area contributed by atoms with Gasteiger partial charge in [0.25, 0.3) is 5.91 Å². The Hall–Kier alpha value is -2.56. The number of hydrogen-bond acceptors (Lipinski definition) is 3. The van der Waals surface area contributed by atoms with Crippen molar-refractivity contribution in [2.45, 2.75) is 18.9 Å². The van der Waals surface area contributed by atoms with Crippen LogP contribution >= 0.6 is 0 Å². The summed E-state index contributed by atoms with van der Waals surface area (Å²) in [5, 5.41) is 3.04. The van der Waals surface area contributed by atoms with Gasteiger partial charge in [-0.15, -0.1) is 0 Å². The molecule has 0 unspecified atom stereocenters. The van der Waals surface area contributed by atoms with E-state index in [0.29, 0.717) is 5.56 Å². The van der Waals surface area contributed by atoms with Gasteiger partial charge in [0, 0.05) is 24.7 Å². The van der Waals surface area contributed by atoms with E-state index in [4.69, 9.17) is 4.74 Å². The number of amides is 1. The van der Waals surface area contributed by atoms with Crippen LogP contribution in [0.2, 0.25) is 0 Å². The number of piperidine rings is 1. The minimum Gasteiger partial charge on any atom is -0.495 e. The Labute approximate surface area is 141 Å². The zero-order chi connectivity index (χ0) is 16.9. The fourth-order valence-corrected chi connectivity index (χ4v) is 3.03. The topological polar surface area (TPSA) is 41.6 Å². The number of ether oxygens (including phenoxy) is 1. The number of halogens is 1. The molecule has 1 amide bonds. The Balaban J connectivity index is 1.57. The molecule has 1 heterocycles. The van der Waals surface area contributed by atoms with Gasteiger partial charge >= 0.3 is 0 Å². The van der Waals surface area contributed by atoms with Crippen LogP contribution in [0.1, 0.15) is 23.2 Å². The molecule has 2 aromatic rings. The van der Waals surface area contributed by atoms with Gasteiger partial charge in [0.15, 0.2) is 0 Å². The summed E-state index contributed by atoms with van der Waals surface area (Å²) in [6.45, 7) is 1.71. The van der Waals surface area contributed by atoms with E-state index in [2.05, 4.69) is 16.3 Å². The Morgan fingerprint density at radius 3 is 2.46 bits per heavy atom. The van der Waals surface area contributed by atoms with Crippen LogP contribution in [0.15, 0.2) is 48.5 Å². The Morgan fingerprint density at radius 2 is 1.79 bits per heavy atom. The van der Waals surface area contributed by atoms with Crippen molar-refractivity contribution in [3.8, 4) is 5.75 Å². The van der Waals surface area contributed by atoms with Crippen LogP contribution in [-0.2, 0) is 0 Å². The van der Waals surface area contributed by atoms with E-state index in [1.807, 2.05) is 18.2 Å². The normalized spacial score (nSPS) is 15.2. The van der Waals surface area contributed by atoms with Gasteiger partial charge in [0.05, 0.1) is 12.8 Å². The fourth-order valence-electron chi connectivity index (χ4n) is 3.03.